The first-order chi connectivity index (χ1) is 17.2. The number of nitrogens with zero attached hydrogens (tertiary/aromatic N) is 1. The van der Waals surface area contributed by atoms with E-state index in [1.54, 1.807) is 0 Å². The van der Waals surface area contributed by atoms with Crippen LogP contribution in [-0.4, -0.2) is 41.1 Å². The number of hydrogen-bond acceptors (Lipinski definition) is 4. The highest BCUT2D eigenvalue weighted by Crippen LogP contribution is 2.33. The molecule has 5 rings (SSSR count). The summed E-state index contributed by atoms with van der Waals surface area (Å²) >= 11 is 0. The van der Waals surface area contributed by atoms with Crippen LogP contribution >= 0.6 is 0 Å². The first kappa shape index (κ1) is 24.8. The molecule has 1 fully saturated rings. The van der Waals surface area contributed by atoms with Gasteiger partial charge in [-0.1, -0.05) is 42.5 Å². The molecule has 4 atom stereocenters. The summed E-state index contributed by atoms with van der Waals surface area (Å²) in [4.78, 5) is 27.8. The summed E-state index contributed by atoms with van der Waals surface area (Å²) < 4.78 is 5.65. The van der Waals surface area contributed by atoms with Gasteiger partial charge in [0.15, 0.2) is 0 Å². The summed E-state index contributed by atoms with van der Waals surface area (Å²) in [7, 11) is 0. The number of carbonyl (C=O) groups is 2. The lowest BCUT2D eigenvalue weighted by atomic mass is 9.87. The molecule has 0 saturated carbocycles. The van der Waals surface area contributed by atoms with Gasteiger partial charge in [-0.2, -0.15) is 0 Å². The number of carbonyl (C=O) groups excluding carboxylic acids is 2. The number of aryl methyl sites for hydroxylation is 1. The third kappa shape index (κ3) is 5.29. The molecule has 0 spiro atoms. The van der Waals surface area contributed by atoms with E-state index in [4.69, 9.17) is 4.74 Å². The Labute approximate surface area is 214 Å². The zero-order valence-corrected chi connectivity index (χ0v) is 22.0. The SMILES string of the molecule is C[C@H]1Cc2ccc(C3CN[C@H](C(=O)N[C@@H]4CCCc5ccccc54)C3)cc2CN1C(=O)OC(C)(C)C. The molecule has 3 aliphatic rings. The Bertz CT molecular complexity index is 1140. The van der Waals surface area contributed by atoms with Gasteiger partial charge in [-0.3, -0.25) is 4.79 Å². The second kappa shape index (κ2) is 9.89. The highest BCUT2D eigenvalue weighted by molar-refractivity contribution is 5.82. The van der Waals surface area contributed by atoms with Crippen LogP contribution in [0.4, 0.5) is 4.79 Å². The van der Waals surface area contributed by atoms with Gasteiger partial charge in [-0.15, -0.1) is 0 Å². The smallest absolute Gasteiger partial charge is 0.410 e. The summed E-state index contributed by atoms with van der Waals surface area (Å²) in [5.74, 6) is 0.376. The second-order valence-electron chi connectivity index (χ2n) is 11.7. The zero-order chi connectivity index (χ0) is 25.4. The molecule has 0 bridgehead atoms. The molecule has 2 aromatic rings. The Morgan fingerprint density at radius 3 is 2.69 bits per heavy atom. The standard InChI is InChI=1S/C30H39N3O3/c1-19-14-21-12-13-22(15-24(21)18-33(19)29(35)36-30(2,3)4)23-16-27(31-17-23)28(34)32-26-11-7-9-20-8-5-6-10-25(20)26/h5-6,8,10,12-13,15,19,23,26-27,31H,7,9,11,14,16-18H2,1-4H3,(H,32,34)/t19-,23?,26+,27-/m0/s1. The lowest BCUT2D eigenvalue weighted by Gasteiger charge is -2.36. The Morgan fingerprint density at radius 1 is 1.08 bits per heavy atom. The molecule has 6 nitrogen and oxygen atoms in total. The largest absolute Gasteiger partial charge is 0.444 e. The first-order valence-corrected chi connectivity index (χ1v) is 13.4. The second-order valence-corrected chi connectivity index (χ2v) is 11.7. The van der Waals surface area contributed by atoms with Crippen molar-refractivity contribution in [3.05, 3.63) is 70.3 Å². The van der Waals surface area contributed by atoms with Gasteiger partial charge in [0.1, 0.15) is 5.60 Å². The Kier molecular flexibility index (Phi) is 6.82. The first-order valence-electron chi connectivity index (χ1n) is 13.4. The normalized spacial score (nSPS) is 25.6. The van der Waals surface area contributed by atoms with E-state index in [-0.39, 0.29) is 36.0 Å². The minimum atomic E-state index is -0.510. The maximum absolute atomic E-state index is 13.2. The minimum absolute atomic E-state index is 0.0992. The maximum Gasteiger partial charge on any atom is 0.410 e. The molecular weight excluding hydrogens is 450 g/mol. The number of ether oxygens (including phenoxy) is 1. The van der Waals surface area contributed by atoms with Crippen LogP contribution in [0.2, 0.25) is 0 Å². The van der Waals surface area contributed by atoms with Crippen LogP contribution < -0.4 is 10.6 Å². The molecular formula is C30H39N3O3. The van der Waals surface area contributed by atoms with E-state index >= 15 is 0 Å². The number of benzene rings is 2. The van der Waals surface area contributed by atoms with Gasteiger partial charge < -0.3 is 20.3 Å². The molecule has 2 aromatic carbocycles. The molecule has 2 heterocycles. The minimum Gasteiger partial charge on any atom is -0.444 e. The summed E-state index contributed by atoms with van der Waals surface area (Å²) in [6, 6.07) is 15.2. The van der Waals surface area contributed by atoms with E-state index in [1.165, 1.54) is 27.8 Å². The van der Waals surface area contributed by atoms with Crippen LogP contribution in [0, 0.1) is 0 Å². The van der Waals surface area contributed by atoms with Crippen LogP contribution in [-0.2, 0) is 28.9 Å². The van der Waals surface area contributed by atoms with Crippen molar-refractivity contribution in [1.82, 2.24) is 15.5 Å². The van der Waals surface area contributed by atoms with Crippen LogP contribution in [0.15, 0.2) is 42.5 Å². The molecule has 6 heteroatoms. The van der Waals surface area contributed by atoms with Crippen molar-refractivity contribution in [2.75, 3.05) is 6.54 Å². The fraction of sp³-hybridized carbons (Fsp3) is 0.533. The third-order valence-corrected chi connectivity index (χ3v) is 7.85. The van der Waals surface area contributed by atoms with Crippen molar-refractivity contribution < 1.29 is 14.3 Å². The Hall–Kier alpha value is -2.86. The molecule has 1 aliphatic carbocycles. The van der Waals surface area contributed by atoms with Gasteiger partial charge in [0, 0.05) is 19.1 Å². The summed E-state index contributed by atoms with van der Waals surface area (Å²) in [6.07, 6.45) is 4.55. The van der Waals surface area contributed by atoms with E-state index < -0.39 is 5.60 Å². The summed E-state index contributed by atoms with van der Waals surface area (Å²) in [5, 5.41) is 6.78. The number of hydrogen-bond donors (Lipinski definition) is 2. The molecule has 36 heavy (non-hydrogen) atoms. The molecule has 0 radical (unpaired) electrons. The zero-order valence-electron chi connectivity index (χ0n) is 22.0. The number of rotatable bonds is 3. The monoisotopic (exact) mass is 489 g/mol. The van der Waals surface area contributed by atoms with Crippen LogP contribution in [0.1, 0.15) is 86.7 Å². The maximum atomic E-state index is 13.2. The van der Waals surface area contributed by atoms with E-state index in [9.17, 15) is 9.59 Å². The van der Waals surface area contributed by atoms with Gasteiger partial charge in [-0.25, -0.2) is 4.79 Å². The van der Waals surface area contributed by atoms with Crippen molar-refractivity contribution in [3.8, 4) is 0 Å². The average molecular weight is 490 g/mol. The van der Waals surface area contributed by atoms with Gasteiger partial charge in [0.25, 0.3) is 0 Å². The number of nitrogens with one attached hydrogen (secondary N) is 2. The fourth-order valence-corrected chi connectivity index (χ4v) is 5.94. The van der Waals surface area contributed by atoms with Crippen LogP contribution in [0.3, 0.4) is 0 Å². The topological polar surface area (TPSA) is 70.7 Å². The summed E-state index contributed by atoms with van der Waals surface area (Å²) in [6.45, 7) is 9.12. The molecule has 2 N–H and O–H groups in total. The van der Waals surface area contributed by atoms with E-state index in [0.717, 1.165) is 38.6 Å². The van der Waals surface area contributed by atoms with Crippen molar-refractivity contribution in [2.24, 2.45) is 0 Å². The number of fused-ring (bicyclic) bond motifs is 2. The van der Waals surface area contributed by atoms with Gasteiger partial charge in [0.05, 0.1) is 12.1 Å². The molecule has 2 aliphatic heterocycles. The van der Waals surface area contributed by atoms with E-state index in [2.05, 4.69) is 60.0 Å². The van der Waals surface area contributed by atoms with Crippen molar-refractivity contribution in [1.29, 1.82) is 0 Å². The molecule has 2 amide bonds. The van der Waals surface area contributed by atoms with Crippen molar-refractivity contribution in [2.45, 2.75) is 96.0 Å². The summed E-state index contributed by atoms with van der Waals surface area (Å²) in [5.41, 5.74) is 5.83. The Balaban J connectivity index is 1.24. The van der Waals surface area contributed by atoms with Crippen LogP contribution in [0.5, 0.6) is 0 Å². The third-order valence-electron chi connectivity index (χ3n) is 7.85. The predicted octanol–water partition coefficient (Wildman–Crippen LogP) is 5.01. The molecule has 1 unspecified atom stereocenters. The van der Waals surface area contributed by atoms with Gasteiger partial charge >= 0.3 is 6.09 Å². The predicted molar refractivity (Wildman–Crippen MR) is 141 cm³/mol. The average Bonchev–Trinajstić information content (AvgIpc) is 3.33. The molecule has 1 saturated heterocycles. The van der Waals surface area contributed by atoms with Gasteiger partial charge in [0.2, 0.25) is 5.91 Å². The van der Waals surface area contributed by atoms with E-state index in [0.29, 0.717) is 6.54 Å². The Morgan fingerprint density at radius 2 is 1.89 bits per heavy atom. The van der Waals surface area contributed by atoms with Crippen molar-refractivity contribution >= 4 is 12.0 Å². The van der Waals surface area contributed by atoms with Crippen LogP contribution in [0.25, 0.3) is 0 Å². The lowest BCUT2D eigenvalue weighted by Crippen LogP contribution is -2.45. The highest BCUT2D eigenvalue weighted by Gasteiger charge is 2.34. The van der Waals surface area contributed by atoms with E-state index in [1.807, 2.05) is 25.7 Å². The fourth-order valence-electron chi connectivity index (χ4n) is 5.94. The molecule has 192 valence electrons. The number of amides is 2. The lowest BCUT2D eigenvalue weighted by molar-refractivity contribution is -0.123. The molecule has 0 aromatic heterocycles. The highest BCUT2D eigenvalue weighted by atomic mass is 16.6. The quantitative estimate of drug-likeness (QED) is 0.636. The van der Waals surface area contributed by atoms with Gasteiger partial charge in [-0.05, 0) is 93.5 Å². The van der Waals surface area contributed by atoms with Crippen molar-refractivity contribution in [3.63, 3.8) is 0 Å².